The van der Waals surface area contributed by atoms with Crippen LogP contribution in [0.4, 0.5) is 0 Å². The zero-order valence-electron chi connectivity index (χ0n) is 12.9. The van der Waals surface area contributed by atoms with E-state index in [1.54, 1.807) is 0 Å². The highest BCUT2D eigenvalue weighted by atomic mass is 16.5. The predicted octanol–water partition coefficient (Wildman–Crippen LogP) is 2.51. The van der Waals surface area contributed by atoms with Gasteiger partial charge in [0.2, 0.25) is 0 Å². The average molecular weight is 296 g/mol. The van der Waals surface area contributed by atoms with Gasteiger partial charge in [0.25, 0.3) is 0 Å². The molecule has 4 heteroatoms. The summed E-state index contributed by atoms with van der Waals surface area (Å²) in [5.41, 5.74) is -1.28. The third kappa shape index (κ3) is 6.46. The van der Waals surface area contributed by atoms with Crippen molar-refractivity contribution < 1.29 is 20.1 Å². The Bertz CT molecular complexity index is 368. The van der Waals surface area contributed by atoms with Gasteiger partial charge < -0.3 is 20.1 Å². The van der Waals surface area contributed by atoms with Gasteiger partial charge in [-0.3, -0.25) is 0 Å². The van der Waals surface area contributed by atoms with Crippen molar-refractivity contribution in [2.45, 2.75) is 57.2 Å². The van der Waals surface area contributed by atoms with Crippen LogP contribution in [0.15, 0.2) is 30.3 Å². The van der Waals surface area contributed by atoms with Crippen molar-refractivity contribution >= 4 is 0 Å². The normalized spacial score (nSPS) is 15.4. The van der Waals surface area contributed by atoms with E-state index in [1.807, 2.05) is 30.3 Å². The number of unbranched alkanes of at least 4 members (excludes halogenated alkanes) is 3. The van der Waals surface area contributed by atoms with E-state index in [1.165, 1.54) is 0 Å². The lowest BCUT2D eigenvalue weighted by atomic mass is 9.87. The Balaban J connectivity index is 2.44. The Morgan fingerprint density at radius 1 is 1.10 bits per heavy atom. The number of para-hydroxylation sites is 1. The van der Waals surface area contributed by atoms with Crippen LogP contribution in [0.3, 0.4) is 0 Å². The maximum Gasteiger partial charge on any atom is 0.119 e. The summed E-state index contributed by atoms with van der Waals surface area (Å²) in [5, 5.41) is 29.6. The van der Waals surface area contributed by atoms with E-state index in [0.717, 1.165) is 31.4 Å². The van der Waals surface area contributed by atoms with Gasteiger partial charge in [0.1, 0.15) is 11.9 Å². The van der Waals surface area contributed by atoms with E-state index in [2.05, 4.69) is 6.92 Å². The molecule has 0 spiro atoms. The zero-order valence-corrected chi connectivity index (χ0v) is 12.9. The lowest BCUT2D eigenvalue weighted by molar-refractivity contribution is -0.109. The highest BCUT2D eigenvalue weighted by Crippen LogP contribution is 2.24. The molecule has 120 valence electrons. The van der Waals surface area contributed by atoms with Crippen LogP contribution in [-0.2, 0) is 0 Å². The first kappa shape index (κ1) is 18.0. The number of benzene rings is 1. The molecule has 0 heterocycles. The Morgan fingerprint density at radius 3 is 2.43 bits per heavy atom. The lowest BCUT2D eigenvalue weighted by Gasteiger charge is -2.32. The molecule has 1 aromatic carbocycles. The SMILES string of the molecule is CCCCCCC(O)(CCOc1ccccc1)C(O)CO. The molecule has 0 fully saturated rings. The second-order valence-electron chi connectivity index (χ2n) is 5.52. The van der Waals surface area contributed by atoms with Crippen molar-refractivity contribution in [3.8, 4) is 5.75 Å². The van der Waals surface area contributed by atoms with Gasteiger partial charge in [-0.2, -0.15) is 0 Å². The van der Waals surface area contributed by atoms with Crippen molar-refractivity contribution in [3.05, 3.63) is 30.3 Å². The number of aliphatic hydroxyl groups excluding tert-OH is 2. The summed E-state index contributed by atoms with van der Waals surface area (Å²) >= 11 is 0. The molecule has 0 saturated heterocycles. The molecule has 4 nitrogen and oxygen atoms in total. The van der Waals surface area contributed by atoms with Crippen LogP contribution in [0.5, 0.6) is 5.75 Å². The maximum atomic E-state index is 10.6. The van der Waals surface area contributed by atoms with Crippen LogP contribution in [0, 0.1) is 0 Å². The fourth-order valence-corrected chi connectivity index (χ4v) is 2.35. The van der Waals surface area contributed by atoms with Crippen LogP contribution in [0.25, 0.3) is 0 Å². The summed E-state index contributed by atoms with van der Waals surface area (Å²) in [6, 6.07) is 9.38. The molecule has 0 aromatic heterocycles. The molecule has 0 saturated carbocycles. The van der Waals surface area contributed by atoms with Gasteiger partial charge in [0, 0.05) is 6.42 Å². The number of hydrogen-bond donors (Lipinski definition) is 3. The first-order valence-electron chi connectivity index (χ1n) is 7.81. The molecule has 2 atom stereocenters. The zero-order chi connectivity index (χ0) is 15.6. The largest absolute Gasteiger partial charge is 0.493 e. The molecule has 0 aliphatic heterocycles. The first-order valence-corrected chi connectivity index (χ1v) is 7.81. The molecular weight excluding hydrogens is 268 g/mol. The van der Waals surface area contributed by atoms with E-state index < -0.39 is 18.3 Å². The van der Waals surface area contributed by atoms with Crippen molar-refractivity contribution in [2.75, 3.05) is 13.2 Å². The predicted molar refractivity (Wildman–Crippen MR) is 83.4 cm³/mol. The van der Waals surface area contributed by atoms with E-state index in [4.69, 9.17) is 9.84 Å². The Kier molecular flexibility index (Phi) is 8.35. The summed E-state index contributed by atoms with van der Waals surface area (Å²) in [7, 11) is 0. The van der Waals surface area contributed by atoms with Crippen LogP contribution in [-0.4, -0.2) is 40.2 Å². The molecule has 0 amide bonds. The fourth-order valence-electron chi connectivity index (χ4n) is 2.35. The molecule has 0 bridgehead atoms. The molecule has 0 aliphatic carbocycles. The molecule has 1 aromatic rings. The second-order valence-corrected chi connectivity index (χ2v) is 5.52. The minimum Gasteiger partial charge on any atom is -0.493 e. The standard InChI is InChI=1S/C17H28O4/c1-2-3-4-8-11-17(20,16(19)14-18)12-13-21-15-9-6-5-7-10-15/h5-7,9-10,16,18-20H,2-4,8,11-14H2,1H3. The maximum absolute atomic E-state index is 10.6. The fraction of sp³-hybridized carbons (Fsp3) is 0.647. The monoisotopic (exact) mass is 296 g/mol. The quantitative estimate of drug-likeness (QED) is 0.549. The van der Waals surface area contributed by atoms with E-state index in [0.29, 0.717) is 19.4 Å². The number of hydrogen-bond acceptors (Lipinski definition) is 4. The molecule has 0 aliphatic rings. The first-order chi connectivity index (χ1) is 10.1. The van der Waals surface area contributed by atoms with Gasteiger partial charge in [0.15, 0.2) is 0 Å². The van der Waals surface area contributed by atoms with Gasteiger partial charge in [-0.05, 0) is 18.6 Å². The highest BCUT2D eigenvalue weighted by molar-refractivity contribution is 5.20. The van der Waals surface area contributed by atoms with Crippen molar-refractivity contribution in [1.29, 1.82) is 0 Å². The molecule has 21 heavy (non-hydrogen) atoms. The van der Waals surface area contributed by atoms with Crippen molar-refractivity contribution in [1.82, 2.24) is 0 Å². The van der Waals surface area contributed by atoms with E-state index >= 15 is 0 Å². The Morgan fingerprint density at radius 2 is 1.81 bits per heavy atom. The second kappa shape index (κ2) is 9.77. The lowest BCUT2D eigenvalue weighted by Crippen LogP contribution is -2.45. The number of aliphatic hydroxyl groups is 3. The van der Waals surface area contributed by atoms with Gasteiger partial charge in [-0.15, -0.1) is 0 Å². The third-order valence-corrected chi connectivity index (χ3v) is 3.80. The number of ether oxygens (including phenoxy) is 1. The minimum atomic E-state index is -1.28. The van der Waals surface area contributed by atoms with E-state index in [-0.39, 0.29) is 0 Å². The molecule has 1 rings (SSSR count). The number of rotatable bonds is 11. The summed E-state index contributed by atoms with van der Waals surface area (Å²) in [4.78, 5) is 0. The van der Waals surface area contributed by atoms with Gasteiger partial charge in [-0.1, -0.05) is 50.8 Å². The summed E-state index contributed by atoms with van der Waals surface area (Å²) in [6.07, 6.45) is 3.76. The Hall–Kier alpha value is -1.10. The summed E-state index contributed by atoms with van der Waals surface area (Å²) < 4.78 is 5.57. The summed E-state index contributed by atoms with van der Waals surface area (Å²) in [5.74, 6) is 0.740. The van der Waals surface area contributed by atoms with E-state index in [9.17, 15) is 10.2 Å². The topological polar surface area (TPSA) is 69.9 Å². The molecular formula is C17H28O4. The van der Waals surface area contributed by atoms with Crippen LogP contribution in [0.2, 0.25) is 0 Å². The van der Waals surface area contributed by atoms with Crippen LogP contribution < -0.4 is 4.74 Å². The van der Waals surface area contributed by atoms with Crippen LogP contribution >= 0.6 is 0 Å². The Labute approximate surface area is 127 Å². The smallest absolute Gasteiger partial charge is 0.119 e. The minimum absolute atomic E-state index is 0.301. The molecule has 3 N–H and O–H groups in total. The highest BCUT2D eigenvalue weighted by Gasteiger charge is 2.34. The van der Waals surface area contributed by atoms with Crippen molar-refractivity contribution in [2.24, 2.45) is 0 Å². The van der Waals surface area contributed by atoms with Crippen molar-refractivity contribution in [3.63, 3.8) is 0 Å². The van der Waals surface area contributed by atoms with Gasteiger partial charge in [-0.25, -0.2) is 0 Å². The average Bonchev–Trinajstić information content (AvgIpc) is 2.52. The van der Waals surface area contributed by atoms with Gasteiger partial charge in [0.05, 0.1) is 18.8 Å². The molecule has 2 unspecified atom stereocenters. The van der Waals surface area contributed by atoms with Crippen LogP contribution in [0.1, 0.15) is 45.4 Å². The third-order valence-electron chi connectivity index (χ3n) is 3.80. The summed E-state index contributed by atoms with van der Waals surface area (Å²) in [6.45, 7) is 2.00. The molecule has 0 radical (unpaired) electrons. The van der Waals surface area contributed by atoms with Gasteiger partial charge >= 0.3 is 0 Å².